The summed E-state index contributed by atoms with van der Waals surface area (Å²) in [6.45, 7) is 4.33. The van der Waals surface area contributed by atoms with Gasteiger partial charge in [0, 0.05) is 11.3 Å². The van der Waals surface area contributed by atoms with Crippen LogP contribution in [0, 0.1) is 17.8 Å². The molecule has 0 aromatic heterocycles. The number of hydrogen-bond donors (Lipinski definition) is 0. The lowest BCUT2D eigenvalue weighted by atomic mass is 9.76. The molecule has 1 aliphatic carbocycles. The van der Waals surface area contributed by atoms with Crippen molar-refractivity contribution in [2.75, 3.05) is 0 Å². The predicted octanol–water partition coefficient (Wildman–Crippen LogP) is 3.38. The van der Waals surface area contributed by atoms with Crippen molar-refractivity contribution in [3.63, 3.8) is 0 Å². The maximum Gasteiger partial charge on any atom is 0.0324 e. The van der Waals surface area contributed by atoms with Gasteiger partial charge >= 0.3 is 0 Å². The Kier molecular flexibility index (Phi) is 2.11. The van der Waals surface area contributed by atoms with Crippen molar-refractivity contribution in [1.29, 1.82) is 0 Å². The standard InChI is InChI=1S/C14H16/c1-4-14(2,3)13-10-9-11-7-5-6-8-12(11)13/h1,5-8,13H,9-10H2,2-3H3. The lowest BCUT2D eigenvalue weighted by Crippen LogP contribution is -2.17. The second-order valence-corrected chi connectivity index (χ2v) is 4.66. The van der Waals surface area contributed by atoms with E-state index in [4.69, 9.17) is 6.42 Å². The van der Waals surface area contributed by atoms with E-state index in [9.17, 15) is 0 Å². The van der Waals surface area contributed by atoms with Crippen LogP contribution in [0.4, 0.5) is 0 Å². The molecule has 1 aromatic rings. The molecule has 0 bridgehead atoms. The van der Waals surface area contributed by atoms with Crippen molar-refractivity contribution >= 4 is 0 Å². The van der Waals surface area contributed by atoms with Gasteiger partial charge in [-0.15, -0.1) is 6.42 Å². The van der Waals surface area contributed by atoms with E-state index in [-0.39, 0.29) is 5.41 Å². The van der Waals surface area contributed by atoms with Crippen molar-refractivity contribution in [3.8, 4) is 12.3 Å². The van der Waals surface area contributed by atoms with Crippen LogP contribution in [-0.2, 0) is 6.42 Å². The second kappa shape index (κ2) is 3.17. The number of hydrogen-bond acceptors (Lipinski definition) is 0. The van der Waals surface area contributed by atoms with E-state index in [2.05, 4.69) is 44.0 Å². The number of terminal acetylenes is 1. The molecule has 0 radical (unpaired) electrons. The van der Waals surface area contributed by atoms with Gasteiger partial charge in [0.2, 0.25) is 0 Å². The first-order valence-electron chi connectivity index (χ1n) is 5.21. The highest BCUT2D eigenvalue weighted by molar-refractivity contribution is 5.37. The quantitative estimate of drug-likeness (QED) is 0.587. The molecule has 2 rings (SSSR count). The van der Waals surface area contributed by atoms with Crippen LogP contribution < -0.4 is 0 Å². The highest BCUT2D eigenvalue weighted by atomic mass is 14.4. The zero-order valence-corrected chi connectivity index (χ0v) is 8.88. The Morgan fingerprint density at radius 3 is 2.79 bits per heavy atom. The van der Waals surface area contributed by atoms with Gasteiger partial charge < -0.3 is 0 Å². The molecular weight excluding hydrogens is 168 g/mol. The van der Waals surface area contributed by atoms with E-state index in [0.717, 1.165) is 0 Å². The molecule has 0 heteroatoms. The predicted molar refractivity (Wildman–Crippen MR) is 60.1 cm³/mol. The first kappa shape index (κ1) is 9.34. The van der Waals surface area contributed by atoms with E-state index in [1.807, 2.05) is 0 Å². The maximum absolute atomic E-state index is 5.59. The minimum Gasteiger partial charge on any atom is -0.120 e. The normalized spacial score (nSPS) is 20.2. The third-order valence-corrected chi connectivity index (χ3v) is 3.38. The van der Waals surface area contributed by atoms with Gasteiger partial charge in [-0.05, 0) is 37.8 Å². The van der Waals surface area contributed by atoms with E-state index in [0.29, 0.717) is 5.92 Å². The summed E-state index contributed by atoms with van der Waals surface area (Å²) in [4.78, 5) is 0. The molecule has 0 spiro atoms. The lowest BCUT2D eigenvalue weighted by molar-refractivity contribution is 0.388. The Bertz CT molecular complexity index is 379. The van der Waals surface area contributed by atoms with Crippen LogP contribution in [0.25, 0.3) is 0 Å². The van der Waals surface area contributed by atoms with Gasteiger partial charge in [-0.3, -0.25) is 0 Å². The minimum absolute atomic E-state index is 0.00734. The molecular formula is C14H16. The van der Waals surface area contributed by atoms with Crippen LogP contribution in [0.1, 0.15) is 37.3 Å². The van der Waals surface area contributed by atoms with Crippen LogP contribution in [0.15, 0.2) is 24.3 Å². The van der Waals surface area contributed by atoms with Crippen molar-refractivity contribution in [2.45, 2.75) is 32.6 Å². The van der Waals surface area contributed by atoms with E-state index in [1.54, 1.807) is 0 Å². The lowest BCUT2D eigenvalue weighted by Gasteiger charge is -2.26. The summed E-state index contributed by atoms with van der Waals surface area (Å²) in [5, 5.41) is 0. The Balaban J connectivity index is 2.41. The summed E-state index contributed by atoms with van der Waals surface area (Å²) in [7, 11) is 0. The van der Waals surface area contributed by atoms with Crippen molar-refractivity contribution in [1.82, 2.24) is 0 Å². The molecule has 0 heterocycles. The first-order valence-corrected chi connectivity index (χ1v) is 5.21. The summed E-state index contributed by atoms with van der Waals surface area (Å²) >= 11 is 0. The van der Waals surface area contributed by atoms with Crippen LogP contribution in [-0.4, -0.2) is 0 Å². The van der Waals surface area contributed by atoms with Crippen LogP contribution in [0.5, 0.6) is 0 Å². The largest absolute Gasteiger partial charge is 0.120 e. The molecule has 0 saturated carbocycles. The summed E-state index contributed by atoms with van der Waals surface area (Å²) in [5.41, 5.74) is 2.95. The summed E-state index contributed by atoms with van der Waals surface area (Å²) < 4.78 is 0. The number of rotatable bonds is 1. The van der Waals surface area contributed by atoms with E-state index >= 15 is 0 Å². The molecule has 0 N–H and O–H groups in total. The zero-order chi connectivity index (χ0) is 10.2. The van der Waals surface area contributed by atoms with Gasteiger partial charge in [-0.25, -0.2) is 0 Å². The second-order valence-electron chi connectivity index (χ2n) is 4.66. The Labute approximate surface area is 86.3 Å². The van der Waals surface area contributed by atoms with Crippen LogP contribution in [0.2, 0.25) is 0 Å². The Morgan fingerprint density at radius 2 is 2.07 bits per heavy atom. The topological polar surface area (TPSA) is 0 Å². The molecule has 0 nitrogen and oxygen atoms in total. The van der Waals surface area contributed by atoms with Gasteiger partial charge in [-0.1, -0.05) is 30.2 Å². The van der Waals surface area contributed by atoms with E-state index < -0.39 is 0 Å². The summed E-state index contributed by atoms with van der Waals surface area (Å²) in [5.74, 6) is 3.47. The van der Waals surface area contributed by atoms with Gasteiger partial charge in [0.1, 0.15) is 0 Å². The fraction of sp³-hybridized carbons (Fsp3) is 0.429. The molecule has 0 aliphatic heterocycles. The molecule has 0 amide bonds. The Hall–Kier alpha value is -1.22. The fourth-order valence-electron chi connectivity index (χ4n) is 2.41. The highest BCUT2D eigenvalue weighted by Gasteiger charge is 2.33. The minimum atomic E-state index is -0.00734. The molecule has 0 saturated heterocycles. The average Bonchev–Trinajstić information content (AvgIpc) is 2.61. The monoisotopic (exact) mass is 184 g/mol. The van der Waals surface area contributed by atoms with Crippen molar-refractivity contribution < 1.29 is 0 Å². The fourth-order valence-corrected chi connectivity index (χ4v) is 2.41. The maximum atomic E-state index is 5.59. The molecule has 1 aliphatic rings. The van der Waals surface area contributed by atoms with Crippen molar-refractivity contribution in [2.24, 2.45) is 5.41 Å². The molecule has 0 fully saturated rings. The van der Waals surface area contributed by atoms with Gasteiger partial charge in [-0.2, -0.15) is 0 Å². The van der Waals surface area contributed by atoms with Crippen molar-refractivity contribution in [3.05, 3.63) is 35.4 Å². The van der Waals surface area contributed by atoms with Gasteiger partial charge in [0.15, 0.2) is 0 Å². The third-order valence-electron chi connectivity index (χ3n) is 3.38. The molecule has 1 unspecified atom stereocenters. The SMILES string of the molecule is C#CC(C)(C)C1CCc2ccccc21. The van der Waals surface area contributed by atoms with Gasteiger partial charge in [0.25, 0.3) is 0 Å². The van der Waals surface area contributed by atoms with Crippen LogP contribution >= 0.6 is 0 Å². The highest BCUT2D eigenvalue weighted by Crippen LogP contribution is 2.44. The smallest absolute Gasteiger partial charge is 0.0324 e. The number of aryl methyl sites for hydroxylation is 1. The first-order chi connectivity index (χ1) is 6.65. The molecule has 72 valence electrons. The number of benzene rings is 1. The summed E-state index contributed by atoms with van der Waals surface area (Å²) in [6.07, 6.45) is 7.98. The molecule has 1 atom stereocenters. The third kappa shape index (κ3) is 1.34. The summed E-state index contributed by atoms with van der Waals surface area (Å²) in [6, 6.07) is 8.68. The van der Waals surface area contributed by atoms with Crippen LogP contribution in [0.3, 0.4) is 0 Å². The average molecular weight is 184 g/mol. The Morgan fingerprint density at radius 1 is 1.36 bits per heavy atom. The number of fused-ring (bicyclic) bond motifs is 1. The zero-order valence-electron chi connectivity index (χ0n) is 8.88. The van der Waals surface area contributed by atoms with E-state index in [1.165, 1.54) is 24.0 Å². The molecule has 1 aromatic carbocycles. The molecule has 14 heavy (non-hydrogen) atoms. The van der Waals surface area contributed by atoms with Gasteiger partial charge in [0.05, 0.1) is 0 Å².